The number of halogens is 1. The van der Waals surface area contributed by atoms with Crippen LogP contribution in [-0.2, 0) is 6.54 Å². The summed E-state index contributed by atoms with van der Waals surface area (Å²) in [6.45, 7) is 7.31. The van der Waals surface area contributed by atoms with E-state index in [1.807, 2.05) is 17.3 Å². The van der Waals surface area contributed by atoms with Gasteiger partial charge in [-0.3, -0.25) is 0 Å². The molecule has 0 aromatic carbocycles. The van der Waals surface area contributed by atoms with Gasteiger partial charge in [-0.25, -0.2) is 4.57 Å². The Bertz CT molecular complexity index is 207. The fourth-order valence-corrected chi connectivity index (χ4v) is 0.769. The Morgan fingerprint density at radius 1 is 1.55 bits per heavy atom. The lowest BCUT2D eigenvalue weighted by Gasteiger charge is -1.95. The fourth-order valence-electron chi connectivity index (χ4n) is 0.769. The number of aromatic nitrogens is 3. The molecule has 4 heteroatoms. The van der Waals surface area contributed by atoms with Gasteiger partial charge in [-0.05, 0) is 20.8 Å². The summed E-state index contributed by atoms with van der Waals surface area (Å²) in [4.78, 5) is 0. The predicted octanol–water partition coefficient (Wildman–Crippen LogP) is -2.22. The summed E-state index contributed by atoms with van der Waals surface area (Å²) in [5.74, 6) is 0. The van der Waals surface area contributed by atoms with Crippen LogP contribution in [-0.4, -0.2) is 9.78 Å². The van der Waals surface area contributed by atoms with Gasteiger partial charge in [0.25, 0.3) is 6.33 Å². The maximum absolute atomic E-state index is 4.14. The van der Waals surface area contributed by atoms with Crippen molar-refractivity contribution in [2.75, 3.05) is 0 Å². The topological polar surface area (TPSA) is 21.7 Å². The van der Waals surface area contributed by atoms with Crippen LogP contribution in [0.1, 0.15) is 26.8 Å². The number of nitrogens with zero attached hydrogens (tertiary/aromatic N) is 3. The Labute approximate surface area is 77.8 Å². The van der Waals surface area contributed by atoms with E-state index < -0.39 is 0 Å². The van der Waals surface area contributed by atoms with Crippen molar-refractivity contribution in [3.8, 4) is 0 Å². The molecule has 0 radical (unpaired) electrons. The van der Waals surface area contributed by atoms with Crippen molar-refractivity contribution in [3.05, 3.63) is 12.7 Å². The Morgan fingerprint density at radius 2 is 2.18 bits per heavy atom. The summed E-state index contributed by atoms with van der Waals surface area (Å²) in [6, 6.07) is 0.514. The van der Waals surface area contributed by atoms with Gasteiger partial charge in [-0.15, -0.1) is 4.68 Å². The number of hydrogen-bond acceptors (Lipinski definition) is 1. The molecule has 0 N–H and O–H groups in total. The highest BCUT2D eigenvalue weighted by Crippen LogP contribution is 1.88. The molecule has 0 aliphatic rings. The van der Waals surface area contributed by atoms with Crippen molar-refractivity contribution in [1.82, 2.24) is 9.78 Å². The van der Waals surface area contributed by atoms with Crippen LogP contribution >= 0.6 is 0 Å². The summed E-state index contributed by atoms with van der Waals surface area (Å²) >= 11 is 0. The van der Waals surface area contributed by atoms with Crippen molar-refractivity contribution in [2.24, 2.45) is 0 Å². The van der Waals surface area contributed by atoms with Crippen molar-refractivity contribution < 1.29 is 21.5 Å². The first-order valence-corrected chi connectivity index (χ1v) is 3.67. The minimum absolute atomic E-state index is 0. The Morgan fingerprint density at radius 3 is 2.45 bits per heavy atom. The fraction of sp³-hybridized carbons (Fsp3) is 0.714. The zero-order valence-electron chi connectivity index (χ0n) is 7.16. The molecule has 1 heterocycles. The lowest BCUT2D eigenvalue weighted by molar-refractivity contribution is -0.716. The first kappa shape index (κ1) is 10.6. The maximum atomic E-state index is 4.14. The van der Waals surface area contributed by atoms with Gasteiger partial charge in [-0.1, -0.05) is 0 Å². The highest BCUT2D eigenvalue weighted by Gasteiger charge is 2.05. The van der Waals surface area contributed by atoms with Crippen LogP contribution in [0.4, 0.5) is 0 Å². The second-order valence-electron chi connectivity index (χ2n) is 2.64. The van der Waals surface area contributed by atoms with Crippen LogP contribution in [0.2, 0.25) is 0 Å². The van der Waals surface area contributed by atoms with Gasteiger partial charge in [0, 0.05) is 5.10 Å². The Kier molecular flexibility index (Phi) is 4.33. The van der Waals surface area contributed by atoms with Crippen molar-refractivity contribution in [3.63, 3.8) is 0 Å². The molecule has 64 valence electrons. The number of aryl methyl sites for hydroxylation is 1. The molecule has 3 nitrogen and oxygen atoms in total. The van der Waals surface area contributed by atoms with E-state index in [4.69, 9.17) is 0 Å². The molecule has 1 aromatic rings. The zero-order chi connectivity index (χ0) is 7.56. The second kappa shape index (κ2) is 4.49. The third-order valence-corrected chi connectivity index (χ3v) is 1.52. The monoisotopic (exact) mass is 219 g/mol. The average molecular weight is 220 g/mol. The van der Waals surface area contributed by atoms with Crippen LogP contribution in [0.5, 0.6) is 0 Å². The summed E-state index contributed by atoms with van der Waals surface area (Å²) < 4.78 is 4.00. The van der Waals surface area contributed by atoms with E-state index in [0.717, 1.165) is 6.54 Å². The van der Waals surface area contributed by atoms with Crippen LogP contribution in [0.15, 0.2) is 12.7 Å². The van der Waals surface area contributed by atoms with Crippen LogP contribution < -0.4 is 21.5 Å². The van der Waals surface area contributed by atoms with Gasteiger partial charge in [0.15, 0.2) is 0 Å². The van der Waals surface area contributed by atoms with Crippen LogP contribution in [0.3, 0.4) is 0 Å². The summed E-state index contributed by atoms with van der Waals surface area (Å²) in [5, 5.41) is 4.14. The minimum Gasteiger partial charge on any atom is -1.00 e. The summed E-state index contributed by atoms with van der Waals surface area (Å²) in [5.41, 5.74) is 0. The Balaban J connectivity index is 0.000001000. The standard InChI is InChI=1S/C7H14N3.BrH/c1-4-10-6-9(5-8-10)7(2)3;/h5-7H,4H2,1-3H3;1H/q+1;/p-1. The molecule has 0 fully saturated rings. The first-order chi connectivity index (χ1) is 4.74. The lowest BCUT2D eigenvalue weighted by Crippen LogP contribution is -3.00. The SMILES string of the molecule is CCn1c[n+](C(C)C)cn1.[Br-]. The van der Waals surface area contributed by atoms with E-state index >= 15 is 0 Å². The van der Waals surface area contributed by atoms with Crippen molar-refractivity contribution in [2.45, 2.75) is 33.4 Å². The van der Waals surface area contributed by atoms with E-state index in [9.17, 15) is 0 Å². The van der Waals surface area contributed by atoms with E-state index in [0.29, 0.717) is 6.04 Å². The van der Waals surface area contributed by atoms with E-state index in [1.54, 1.807) is 0 Å². The van der Waals surface area contributed by atoms with Crippen molar-refractivity contribution >= 4 is 0 Å². The lowest BCUT2D eigenvalue weighted by atomic mass is 10.4. The normalized spacial score (nSPS) is 9.82. The molecule has 0 atom stereocenters. The third kappa shape index (κ3) is 2.61. The third-order valence-electron chi connectivity index (χ3n) is 1.52. The molecule has 0 aliphatic heterocycles. The molecular weight excluding hydrogens is 206 g/mol. The Hall–Kier alpha value is -0.380. The molecule has 11 heavy (non-hydrogen) atoms. The second-order valence-corrected chi connectivity index (χ2v) is 2.64. The highest BCUT2D eigenvalue weighted by molar-refractivity contribution is 4.44. The molecule has 0 amide bonds. The largest absolute Gasteiger partial charge is 1.00 e. The summed E-state index contributed by atoms with van der Waals surface area (Å²) in [7, 11) is 0. The molecule has 0 saturated carbocycles. The molecule has 0 saturated heterocycles. The molecule has 0 aliphatic carbocycles. The zero-order valence-corrected chi connectivity index (χ0v) is 8.74. The van der Waals surface area contributed by atoms with E-state index in [2.05, 4.69) is 30.4 Å². The van der Waals surface area contributed by atoms with Gasteiger partial charge in [0.2, 0.25) is 6.33 Å². The van der Waals surface area contributed by atoms with Gasteiger partial charge >= 0.3 is 0 Å². The highest BCUT2D eigenvalue weighted by atomic mass is 79.9. The van der Waals surface area contributed by atoms with Crippen LogP contribution in [0.25, 0.3) is 0 Å². The minimum atomic E-state index is 0. The van der Waals surface area contributed by atoms with Gasteiger partial charge in [0.05, 0.1) is 6.04 Å². The quantitative estimate of drug-likeness (QED) is 0.517. The molecule has 0 spiro atoms. The van der Waals surface area contributed by atoms with Crippen LogP contribution in [0, 0.1) is 0 Å². The number of hydrogen-bond donors (Lipinski definition) is 0. The molecule has 0 unspecified atom stereocenters. The average Bonchev–Trinajstić information content (AvgIpc) is 2.34. The summed E-state index contributed by atoms with van der Waals surface area (Å²) in [6.07, 6.45) is 3.87. The molecule has 1 rings (SSSR count). The molecule has 0 bridgehead atoms. The van der Waals surface area contributed by atoms with Crippen molar-refractivity contribution in [1.29, 1.82) is 0 Å². The van der Waals surface area contributed by atoms with E-state index in [1.165, 1.54) is 0 Å². The maximum Gasteiger partial charge on any atom is 0.265 e. The van der Waals surface area contributed by atoms with Gasteiger partial charge in [0.1, 0.15) is 6.54 Å². The smallest absolute Gasteiger partial charge is 0.265 e. The predicted molar refractivity (Wildman–Crippen MR) is 38.5 cm³/mol. The first-order valence-electron chi connectivity index (χ1n) is 3.67. The van der Waals surface area contributed by atoms with Gasteiger partial charge in [-0.2, -0.15) is 0 Å². The van der Waals surface area contributed by atoms with Gasteiger partial charge < -0.3 is 17.0 Å². The number of rotatable bonds is 2. The molecule has 1 aromatic heterocycles. The van der Waals surface area contributed by atoms with E-state index in [-0.39, 0.29) is 17.0 Å². The molecular formula is C7H14BrN3.